The molecule has 0 aliphatic heterocycles. The van der Waals surface area contributed by atoms with Gasteiger partial charge in [0.15, 0.2) is 0 Å². The van der Waals surface area contributed by atoms with Crippen LogP contribution < -0.4 is 10.1 Å². The maximum Gasteiger partial charge on any atom is 0.142 e. The van der Waals surface area contributed by atoms with Crippen molar-refractivity contribution in [3.05, 3.63) is 39.3 Å². The highest BCUT2D eigenvalue weighted by Crippen LogP contribution is 2.30. The van der Waals surface area contributed by atoms with Gasteiger partial charge in [0.2, 0.25) is 0 Å². The quantitative estimate of drug-likeness (QED) is 0.830. The van der Waals surface area contributed by atoms with Gasteiger partial charge in [-0.05, 0) is 25.1 Å². The van der Waals surface area contributed by atoms with Crippen LogP contribution in [0.3, 0.4) is 0 Å². The second kappa shape index (κ2) is 6.67. The van der Waals surface area contributed by atoms with Gasteiger partial charge in [-0.15, -0.1) is 11.3 Å². The summed E-state index contributed by atoms with van der Waals surface area (Å²) in [6.07, 6.45) is 1.93. The summed E-state index contributed by atoms with van der Waals surface area (Å²) in [6, 6.07) is 5.61. The molecule has 0 fully saturated rings. The number of hydrogen-bond acceptors (Lipinski definition) is 4. The Kier molecular flexibility index (Phi) is 5.12. The van der Waals surface area contributed by atoms with E-state index < -0.39 is 0 Å². The molecule has 21 heavy (non-hydrogen) atoms. The summed E-state index contributed by atoms with van der Waals surface area (Å²) in [5, 5.41) is 5.22. The number of aromatic nitrogens is 1. The summed E-state index contributed by atoms with van der Waals surface area (Å²) >= 11 is 7.79. The van der Waals surface area contributed by atoms with Crippen LogP contribution in [0.2, 0.25) is 5.02 Å². The molecule has 1 N–H and O–H groups in total. The number of ether oxygens (including phenoxy) is 1. The minimum Gasteiger partial charge on any atom is -0.492 e. The van der Waals surface area contributed by atoms with E-state index >= 15 is 0 Å². The predicted octanol–water partition coefficient (Wildman–Crippen LogP) is 5.10. The highest BCUT2D eigenvalue weighted by Gasteiger charge is 2.18. The second-order valence-corrected chi connectivity index (χ2v) is 7.36. The normalized spacial score (nSPS) is 11.5. The van der Waals surface area contributed by atoms with E-state index in [2.05, 4.69) is 31.1 Å². The van der Waals surface area contributed by atoms with Gasteiger partial charge in [0, 0.05) is 21.5 Å². The zero-order valence-electron chi connectivity index (χ0n) is 12.9. The Morgan fingerprint density at radius 1 is 1.33 bits per heavy atom. The van der Waals surface area contributed by atoms with E-state index in [-0.39, 0.29) is 5.41 Å². The molecular formula is C16H21ClN2OS. The number of thiazole rings is 1. The molecule has 0 amide bonds. The SMILES string of the molecule is CCOc1ccc(Cl)cc1NCc1cnc(C(C)(C)C)s1. The number of halogens is 1. The minimum absolute atomic E-state index is 0.0927. The van der Waals surface area contributed by atoms with Gasteiger partial charge in [-0.25, -0.2) is 4.98 Å². The molecule has 0 aliphatic carbocycles. The molecule has 1 aromatic carbocycles. The Labute approximate surface area is 135 Å². The summed E-state index contributed by atoms with van der Waals surface area (Å²) < 4.78 is 5.61. The molecule has 5 heteroatoms. The molecule has 1 aromatic heterocycles. The monoisotopic (exact) mass is 324 g/mol. The molecule has 0 atom stereocenters. The van der Waals surface area contributed by atoms with Crippen molar-refractivity contribution >= 4 is 28.6 Å². The molecular weight excluding hydrogens is 304 g/mol. The first-order chi connectivity index (χ1) is 9.90. The van der Waals surface area contributed by atoms with Crippen molar-refractivity contribution in [2.24, 2.45) is 0 Å². The topological polar surface area (TPSA) is 34.1 Å². The molecule has 0 bridgehead atoms. The van der Waals surface area contributed by atoms with Crippen LogP contribution in [-0.2, 0) is 12.0 Å². The predicted molar refractivity (Wildman–Crippen MR) is 90.8 cm³/mol. The van der Waals surface area contributed by atoms with Gasteiger partial charge in [0.25, 0.3) is 0 Å². The Morgan fingerprint density at radius 2 is 2.10 bits per heavy atom. The van der Waals surface area contributed by atoms with Crippen molar-refractivity contribution in [1.29, 1.82) is 0 Å². The van der Waals surface area contributed by atoms with Gasteiger partial charge in [-0.1, -0.05) is 32.4 Å². The standard InChI is InChI=1S/C16H21ClN2OS/c1-5-20-14-7-6-11(17)8-13(14)18-9-12-10-19-15(21-12)16(2,3)4/h6-8,10,18H,5,9H2,1-4H3. The molecule has 0 saturated heterocycles. The van der Waals surface area contributed by atoms with Crippen LogP contribution in [-0.4, -0.2) is 11.6 Å². The third-order valence-electron chi connectivity index (χ3n) is 2.89. The number of anilines is 1. The third kappa shape index (κ3) is 4.35. The first-order valence-electron chi connectivity index (χ1n) is 7.01. The van der Waals surface area contributed by atoms with Gasteiger partial charge in [0.1, 0.15) is 5.75 Å². The van der Waals surface area contributed by atoms with Crippen molar-refractivity contribution in [2.45, 2.75) is 39.7 Å². The number of nitrogens with zero attached hydrogens (tertiary/aromatic N) is 1. The van der Waals surface area contributed by atoms with Gasteiger partial charge in [-0.2, -0.15) is 0 Å². The molecule has 0 aliphatic rings. The zero-order chi connectivity index (χ0) is 15.5. The van der Waals surface area contributed by atoms with Crippen LogP contribution in [0.4, 0.5) is 5.69 Å². The van der Waals surface area contributed by atoms with E-state index in [9.17, 15) is 0 Å². The lowest BCUT2D eigenvalue weighted by Crippen LogP contribution is -2.09. The first kappa shape index (κ1) is 16.1. The second-order valence-electron chi connectivity index (χ2n) is 5.81. The van der Waals surface area contributed by atoms with E-state index in [1.807, 2.05) is 31.3 Å². The highest BCUT2D eigenvalue weighted by molar-refractivity contribution is 7.11. The lowest BCUT2D eigenvalue weighted by Gasteiger charge is -2.14. The molecule has 3 nitrogen and oxygen atoms in total. The maximum absolute atomic E-state index is 6.06. The van der Waals surface area contributed by atoms with Crippen LogP contribution in [0.25, 0.3) is 0 Å². The molecule has 0 spiro atoms. The molecule has 0 unspecified atom stereocenters. The Hall–Kier alpha value is -1.26. The molecule has 0 radical (unpaired) electrons. The zero-order valence-corrected chi connectivity index (χ0v) is 14.4. The number of rotatable bonds is 5. The largest absolute Gasteiger partial charge is 0.492 e. The highest BCUT2D eigenvalue weighted by atomic mass is 35.5. The van der Waals surface area contributed by atoms with Crippen molar-refractivity contribution < 1.29 is 4.74 Å². The van der Waals surface area contributed by atoms with Crippen LogP contribution in [0, 0.1) is 0 Å². The van der Waals surface area contributed by atoms with Crippen molar-refractivity contribution in [1.82, 2.24) is 4.98 Å². The maximum atomic E-state index is 6.06. The molecule has 2 aromatic rings. The number of nitrogens with one attached hydrogen (secondary N) is 1. The van der Waals surface area contributed by atoms with Gasteiger partial charge >= 0.3 is 0 Å². The summed E-state index contributed by atoms with van der Waals surface area (Å²) in [5.74, 6) is 0.822. The van der Waals surface area contributed by atoms with Crippen molar-refractivity contribution in [3.63, 3.8) is 0 Å². The molecule has 114 valence electrons. The van der Waals surface area contributed by atoms with Gasteiger partial charge in [-0.3, -0.25) is 0 Å². The Morgan fingerprint density at radius 3 is 2.71 bits per heavy atom. The summed E-state index contributed by atoms with van der Waals surface area (Å²) in [7, 11) is 0. The van der Waals surface area contributed by atoms with E-state index in [4.69, 9.17) is 16.3 Å². The lowest BCUT2D eigenvalue weighted by molar-refractivity contribution is 0.341. The van der Waals surface area contributed by atoms with Crippen LogP contribution in [0.5, 0.6) is 5.75 Å². The Bertz CT molecular complexity index is 605. The molecule has 0 saturated carbocycles. The fourth-order valence-corrected chi connectivity index (χ4v) is 2.92. The molecule has 2 rings (SSSR count). The van der Waals surface area contributed by atoms with Crippen LogP contribution in [0.1, 0.15) is 37.6 Å². The summed E-state index contributed by atoms with van der Waals surface area (Å²) in [5.41, 5.74) is 1.00. The summed E-state index contributed by atoms with van der Waals surface area (Å²) in [6.45, 7) is 9.84. The van der Waals surface area contributed by atoms with E-state index in [0.717, 1.165) is 16.4 Å². The fraction of sp³-hybridized carbons (Fsp3) is 0.438. The van der Waals surface area contributed by atoms with Crippen molar-refractivity contribution in [3.8, 4) is 5.75 Å². The number of hydrogen-bond donors (Lipinski definition) is 1. The average Bonchev–Trinajstić information content (AvgIpc) is 2.88. The van der Waals surface area contributed by atoms with E-state index in [1.165, 1.54) is 4.88 Å². The summed E-state index contributed by atoms with van der Waals surface area (Å²) in [4.78, 5) is 5.69. The van der Waals surface area contributed by atoms with Gasteiger partial charge < -0.3 is 10.1 Å². The van der Waals surface area contributed by atoms with Crippen LogP contribution in [0.15, 0.2) is 24.4 Å². The smallest absolute Gasteiger partial charge is 0.142 e. The lowest BCUT2D eigenvalue weighted by atomic mass is 9.98. The Balaban J connectivity index is 2.09. The van der Waals surface area contributed by atoms with E-state index in [1.54, 1.807) is 11.3 Å². The third-order valence-corrected chi connectivity index (χ3v) is 4.55. The average molecular weight is 325 g/mol. The van der Waals surface area contributed by atoms with Crippen LogP contribution >= 0.6 is 22.9 Å². The molecule has 1 heterocycles. The minimum atomic E-state index is 0.0927. The first-order valence-corrected chi connectivity index (χ1v) is 8.21. The van der Waals surface area contributed by atoms with Gasteiger partial charge in [0.05, 0.1) is 23.8 Å². The van der Waals surface area contributed by atoms with Crippen molar-refractivity contribution in [2.75, 3.05) is 11.9 Å². The number of benzene rings is 1. The fourth-order valence-electron chi connectivity index (χ4n) is 1.84. The van der Waals surface area contributed by atoms with E-state index in [0.29, 0.717) is 18.2 Å².